The number of aliphatic carboxylic acids is 1. The summed E-state index contributed by atoms with van der Waals surface area (Å²) in [7, 11) is -3.61. The predicted molar refractivity (Wildman–Crippen MR) is 59.6 cm³/mol. The molecule has 0 amide bonds. The van der Waals surface area contributed by atoms with Crippen LogP contribution >= 0.6 is 0 Å². The maximum Gasteiger partial charge on any atom is 0.304 e. The van der Waals surface area contributed by atoms with Gasteiger partial charge in [-0.3, -0.25) is 4.79 Å². The topological polar surface area (TPSA) is 104 Å². The lowest BCUT2D eigenvalue weighted by atomic mass is 9.97. The van der Waals surface area contributed by atoms with Gasteiger partial charge >= 0.3 is 5.97 Å². The van der Waals surface area contributed by atoms with Crippen molar-refractivity contribution >= 4 is 16.0 Å². The van der Waals surface area contributed by atoms with Crippen LogP contribution in [0.15, 0.2) is 0 Å². The summed E-state index contributed by atoms with van der Waals surface area (Å²) in [5.41, 5.74) is -0.716. The monoisotopic (exact) mass is 253 g/mol. The largest absolute Gasteiger partial charge is 0.481 e. The molecule has 0 aromatic heterocycles. The molecule has 0 heterocycles. The minimum absolute atomic E-state index is 0.119. The average molecular weight is 253 g/mol. The Morgan fingerprint density at radius 1 is 1.44 bits per heavy atom. The SMILES string of the molecule is CCC(C)(CCO)NS(=O)(=O)CCC(=O)O. The Morgan fingerprint density at radius 2 is 2.00 bits per heavy atom. The Balaban J connectivity index is 4.48. The van der Waals surface area contributed by atoms with Gasteiger partial charge in [-0.1, -0.05) is 6.92 Å². The van der Waals surface area contributed by atoms with Crippen molar-refractivity contribution in [3.8, 4) is 0 Å². The van der Waals surface area contributed by atoms with Crippen molar-refractivity contribution in [3.63, 3.8) is 0 Å². The van der Waals surface area contributed by atoms with Crippen molar-refractivity contribution in [1.29, 1.82) is 0 Å². The molecule has 0 aromatic carbocycles. The molecular formula is C9H19NO5S. The smallest absolute Gasteiger partial charge is 0.304 e. The van der Waals surface area contributed by atoms with Crippen molar-refractivity contribution < 1.29 is 23.4 Å². The van der Waals surface area contributed by atoms with E-state index in [2.05, 4.69) is 4.72 Å². The van der Waals surface area contributed by atoms with Crippen LogP contribution in [-0.2, 0) is 14.8 Å². The summed E-state index contributed by atoms with van der Waals surface area (Å²) in [6, 6.07) is 0. The molecule has 0 aromatic rings. The molecule has 0 aliphatic carbocycles. The van der Waals surface area contributed by atoms with E-state index in [4.69, 9.17) is 10.2 Å². The zero-order chi connectivity index (χ0) is 12.8. The Kier molecular flexibility index (Phi) is 5.91. The summed E-state index contributed by atoms with van der Waals surface area (Å²) in [5.74, 6) is -1.59. The first kappa shape index (κ1) is 15.3. The van der Waals surface area contributed by atoms with E-state index in [0.717, 1.165) is 0 Å². The Bertz CT molecular complexity index is 327. The fourth-order valence-corrected chi connectivity index (χ4v) is 2.74. The lowest BCUT2D eigenvalue weighted by Crippen LogP contribution is -2.47. The number of rotatable bonds is 8. The highest BCUT2D eigenvalue weighted by atomic mass is 32.2. The summed E-state index contributed by atoms with van der Waals surface area (Å²) in [4.78, 5) is 10.3. The maximum atomic E-state index is 11.5. The quantitative estimate of drug-likeness (QED) is 0.562. The third-order valence-electron chi connectivity index (χ3n) is 2.43. The van der Waals surface area contributed by atoms with E-state index in [-0.39, 0.29) is 6.61 Å². The third kappa shape index (κ3) is 6.04. The molecule has 6 nitrogen and oxygen atoms in total. The van der Waals surface area contributed by atoms with Crippen LogP contribution in [-0.4, -0.2) is 42.5 Å². The van der Waals surface area contributed by atoms with Crippen LogP contribution in [0.4, 0.5) is 0 Å². The number of sulfonamides is 1. The van der Waals surface area contributed by atoms with Gasteiger partial charge in [-0.15, -0.1) is 0 Å². The highest BCUT2D eigenvalue weighted by Crippen LogP contribution is 2.15. The fourth-order valence-electron chi connectivity index (χ4n) is 1.19. The molecule has 0 spiro atoms. The molecule has 0 radical (unpaired) electrons. The minimum atomic E-state index is -3.61. The van der Waals surface area contributed by atoms with Crippen LogP contribution in [0, 0.1) is 0 Å². The van der Waals surface area contributed by atoms with E-state index >= 15 is 0 Å². The number of nitrogens with one attached hydrogen (secondary N) is 1. The molecule has 7 heteroatoms. The number of carboxylic acid groups (broad SMARTS) is 1. The maximum absolute atomic E-state index is 11.5. The standard InChI is InChI=1S/C9H19NO5S/c1-3-9(2,5-6-11)10-16(14,15)7-4-8(12)13/h10-11H,3-7H2,1-2H3,(H,12,13). The first-order chi connectivity index (χ1) is 7.24. The normalized spacial score (nSPS) is 15.7. The fraction of sp³-hybridized carbons (Fsp3) is 0.889. The second-order valence-electron chi connectivity index (χ2n) is 3.95. The van der Waals surface area contributed by atoms with Crippen molar-refractivity contribution in [2.45, 2.75) is 38.6 Å². The molecule has 1 unspecified atom stereocenters. The summed E-state index contributed by atoms with van der Waals surface area (Å²) < 4.78 is 25.5. The number of aliphatic hydroxyl groups is 1. The number of aliphatic hydroxyl groups excluding tert-OH is 1. The van der Waals surface area contributed by atoms with Crippen LogP contribution in [0.3, 0.4) is 0 Å². The van der Waals surface area contributed by atoms with E-state index in [1.807, 2.05) is 0 Å². The van der Waals surface area contributed by atoms with Crippen LogP contribution in [0.25, 0.3) is 0 Å². The number of carboxylic acids is 1. The van der Waals surface area contributed by atoms with Crippen LogP contribution < -0.4 is 4.72 Å². The molecule has 0 saturated heterocycles. The molecule has 3 N–H and O–H groups in total. The minimum Gasteiger partial charge on any atom is -0.481 e. The van der Waals surface area contributed by atoms with Gasteiger partial charge in [-0.2, -0.15) is 0 Å². The van der Waals surface area contributed by atoms with Gasteiger partial charge in [-0.05, 0) is 19.8 Å². The summed E-state index contributed by atoms with van der Waals surface area (Å²) in [6.07, 6.45) is 0.407. The Hall–Kier alpha value is -0.660. The molecule has 96 valence electrons. The van der Waals surface area contributed by atoms with Gasteiger partial charge in [-0.25, -0.2) is 13.1 Å². The molecule has 16 heavy (non-hydrogen) atoms. The average Bonchev–Trinajstić information content (AvgIpc) is 2.15. The van der Waals surface area contributed by atoms with Gasteiger partial charge < -0.3 is 10.2 Å². The summed E-state index contributed by atoms with van der Waals surface area (Å²) >= 11 is 0. The lowest BCUT2D eigenvalue weighted by Gasteiger charge is -2.28. The summed E-state index contributed by atoms with van der Waals surface area (Å²) in [5, 5.41) is 17.2. The van der Waals surface area contributed by atoms with Crippen molar-refractivity contribution in [3.05, 3.63) is 0 Å². The van der Waals surface area contributed by atoms with Crippen molar-refractivity contribution in [2.75, 3.05) is 12.4 Å². The Morgan fingerprint density at radius 3 is 2.38 bits per heavy atom. The second kappa shape index (κ2) is 6.17. The van der Waals surface area contributed by atoms with Gasteiger partial charge in [0, 0.05) is 12.1 Å². The van der Waals surface area contributed by atoms with Crippen molar-refractivity contribution in [2.24, 2.45) is 0 Å². The van der Waals surface area contributed by atoms with E-state index in [0.29, 0.717) is 12.8 Å². The Labute approximate surface area is 95.7 Å². The zero-order valence-electron chi connectivity index (χ0n) is 9.56. The molecule has 0 bridgehead atoms. The van der Waals surface area contributed by atoms with E-state index in [9.17, 15) is 13.2 Å². The van der Waals surface area contributed by atoms with Crippen LogP contribution in [0.5, 0.6) is 0 Å². The molecule has 0 rings (SSSR count). The van der Waals surface area contributed by atoms with Gasteiger partial charge in [0.15, 0.2) is 0 Å². The third-order valence-corrected chi connectivity index (χ3v) is 3.98. The molecule has 0 aliphatic rings. The van der Waals surface area contributed by atoms with Crippen LogP contribution in [0.1, 0.15) is 33.1 Å². The first-order valence-corrected chi connectivity index (χ1v) is 6.74. The number of carbonyl (C=O) groups is 1. The first-order valence-electron chi connectivity index (χ1n) is 5.09. The molecule has 1 atom stereocenters. The van der Waals surface area contributed by atoms with Crippen molar-refractivity contribution in [1.82, 2.24) is 4.72 Å². The lowest BCUT2D eigenvalue weighted by molar-refractivity contribution is -0.136. The van der Waals surface area contributed by atoms with Gasteiger partial charge in [0.25, 0.3) is 0 Å². The molecular weight excluding hydrogens is 234 g/mol. The highest BCUT2D eigenvalue weighted by Gasteiger charge is 2.27. The summed E-state index contributed by atoms with van der Waals surface area (Å²) in [6.45, 7) is 3.36. The van der Waals surface area contributed by atoms with E-state index < -0.39 is 33.7 Å². The number of hydrogen-bond donors (Lipinski definition) is 3. The highest BCUT2D eigenvalue weighted by molar-refractivity contribution is 7.89. The molecule has 0 saturated carbocycles. The van der Waals surface area contributed by atoms with Gasteiger partial charge in [0.2, 0.25) is 10.0 Å². The van der Waals surface area contributed by atoms with Crippen LogP contribution in [0.2, 0.25) is 0 Å². The molecule has 0 fully saturated rings. The second-order valence-corrected chi connectivity index (χ2v) is 5.79. The molecule has 0 aliphatic heterocycles. The van der Waals surface area contributed by atoms with E-state index in [1.165, 1.54) is 0 Å². The number of hydrogen-bond acceptors (Lipinski definition) is 4. The van der Waals surface area contributed by atoms with E-state index in [1.54, 1.807) is 13.8 Å². The van der Waals surface area contributed by atoms with Gasteiger partial charge in [0.05, 0.1) is 12.2 Å². The van der Waals surface area contributed by atoms with Gasteiger partial charge in [0.1, 0.15) is 0 Å². The predicted octanol–water partition coefficient (Wildman–Crippen LogP) is -0.0684. The zero-order valence-corrected chi connectivity index (χ0v) is 10.4.